The van der Waals surface area contributed by atoms with Gasteiger partial charge in [-0.2, -0.15) is 0 Å². The number of fused-ring (bicyclic) bond motifs is 6. The lowest BCUT2D eigenvalue weighted by Gasteiger charge is -2.19. The van der Waals surface area contributed by atoms with E-state index in [-0.39, 0.29) is 0 Å². The molecular weight excluding hydrogens is 782 g/mol. The summed E-state index contributed by atoms with van der Waals surface area (Å²) in [6.07, 6.45) is 0. The smallest absolute Gasteiger partial charge is 0.143 e. The number of benzene rings is 10. The molecule has 12 aromatic rings. The van der Waals surface area contributed by atoms with Crippen LogP contribution in [0.2, 0.25) is 0 Å². The molecule has 0 aliphatic carbocycles. The third-order valence-electron chi connectivity index (χ3n) is 12.4. The number of hydrogen-bond acceptors (Lipinski definition) is 1. The predicted molar refractivity (Wildman–Crippen MR) is 269 cm³/mol. The molecule has 0 atom stereocenters. The first-order chi connectivity index (χ1) is 31.2. The molecule has 2 heterocycles. The second-order valence-electron chi connectivity index (χ2n) is 16.1. The van der Waals surface area contributed by atoms with Crippen molar-refractivity contribution in [3.63, 3.8) is 0 Å². The molecule has 63 heavy (non-hydrogen) atoms. The molecule has 296 valence electrons. The number of furan rings is 1. The van der Waals surface area contributed by atoms with Crippen LogP contribution in [0.1, 0.15) is 0 Å². The van der Waals surface area contributed by atoms with E-state index in [1.54, 1.807) is 0 Å². The lowest BCUT2D eigenvalue weighted by atomic mass is 9.95. The van der Waals surface area contributed by atoms with E-state index in [4.69, 9.17) is 4.42 Å². The maximum Gasteiger partial charge on any atom is 0.143 e. The second kappa shape index (κ2) is 15.6. The van der Waals surface area contributed by atoms with Crippen molar-refractivity contribution < 1.29 is 4.42 Å². The quantitative estimate of drug-likeness (QED) is 0.140. The minimum atomic E-state index is -0.736. The van der Waals surface area contributed by atoms with Crippen LogP contribution in [-0.2, 0) is 0 Å². The molecular formula is C60H40NOP. The molecule has 12 rings (SSSR count). The summed E-state index contributed by atoms with van der Waals surface area (Å²) in [7, 11) is -0.736. The van der Waals surface area contributed by atoms with E-state index in [0.717, 1.165) is 44.3 Å². The van der Waals surface area contributed by atoms with Crippen molar-refractivity contribution in [1.82, 2.24) is 4.57 Å². The van der Waals surface area contributed by atoms with Gasteiger partial charge in [0.1, 0.15) is 11.2 Å². The fraction of sp³-hybridized carbons (Fsp3) is 0. The number of hydrogen-bond donors (Lipinski definition) is 0. The summed E-state index contributed by atoms with van der Waals surface area (Å²) in [5.74, 6) is 0. The molecule has 0 radical (unpaired) electrons. The summed E-state index contributed by atoms with van der Waals surface area (Å²) in [4.78, 5) is 0. The van der Waals surface area contributed by atoms with Gasteiger partial charge in [-0.15, -0.1) is 0 Å². The molecule has 0 amide bonds. The van der Waals surface area contributed by atoms with E-state index in [1.165, 1.54) is 65.5 Å². The fourth-order valence-electron chi connectivity index (χ4n) is 9.38. The van der Waals surface area contributed by atoms with Crippen LogP contribution in [-0.4, -0.2) is 4.57 Å². The summed E-state index contributed by atoms with van der Waals surface area (Å²) >= 11 is 0. The first-order valence-electron chi connectivity index (χ1n) is 21.5. The van der Waals surface area contributed by atoms with Gasteiger partial charge in [0.05, 0.1) is 11.0 Å². The Labute approximate surface area is 367 Å². The highest BCUT2D eigenvalue weighted by Gasteiger charge is 2.20. The molecule has 0 N–H and O–H groups in total. The van der Waals surface area contributed by atoms with Gasteiger partial charge < -0.3 is 8.98 Å². The van der Waals surface area contributed by atoms with Crippen LogP contribution in [0.3, 0.4) is 0 Å². The van der Waals surface area contributed by atoms with Crippen molar-refractivity contribution in [2.24, 2.45) is 0 Å². The van der Waals surface area contributed by atoms with Gasteiger partial charge in [-0.25, -0.2) is 0 Å². The Morgan fingerprint density at radius 1 is 0.302 bits per heavy atom. The molecule has 2 nitrogen and oxygen atoms in total. The average molecular weight is 822 g/mol. The van der Waals surface area contributed by atoms with E-state index in [0.29, 0.717) is 0 Å². The Balaban J connectivity index is 0.925. The fourth-order valence-corrected chi connectivity index (χ4v) is 11.7. The lowest BCUT2D eigenvalue weighted by molar-refractivity contribution is 0.670. The monoisotopic (exact) mass is 821 g/mol. The molecule has 0 saturated carbocycles. The van der Waals surface area contributed by atoms with Crippen molar-refractivity contribution in [2.75, 3.05) is 0 Å². The van der Waals surface area contributed by atoms with Crippen LogP contribution < -0.4 is 15.9 Å². The Kier molecular flexibility index (Phi) is 9.17. The zero-order valence-electron chi connectivity index (χ0n) is 34.4. The Bertz CT molecular complexity index is 3580. The van der Waals surface area contributed by atoms with Crippen LogP contribution in [0.5, 0.6) is 0 Å². The molecule has 0 fully saturated rings. The van der Waals surface area contributed by atoms with Crippen molar-refractivity contribution in [3.8, 4) is 50.2 Å². The van der Waals surface area contributed by atoms with Crippen LogP contribution in [0.15, 0.2) is 247 Å². The van der Waals surface area contributed by atoms with Gasteiger partial charge in [-0.3, -0.25) is 0 Å². The largest absolute Gasteiger partial charge is 0.455 e. The Morgan fingerprint density at radius 3 is 1.56 bits per heavy atom. The van der Waals surface area contributed by atoms with Gasteiger partial charge in [-0.1, -0.05) is 188 Å². The number of rotatable bonds is 8. The molecule has 0 spiro atoms. The standard InChI is InChI=1S/C60H40NOP/c1-4-16-41(17-5-1)42-18-12-19-43(36-42)44-20-13-21-45(37-44)46-32-35-59-56(39-46)54-30-15-29-52(60(54)62-59)47-22-14-23-48(38-47)61-57-31-11-10-28-53(57)55-40-51(33-34-58(55)61)63(49-24-6-2-7-25-49)50-26-8-3-9-27-50/h1-40H. The molecule has 0 unspecified atom stereocenters. The molecule has 0 aliphatic rings. The van der Waals surface area contributed by atoms with Crippen LogP contribution in [0, 0.1) is 0 Å². The van der Waals surface area contributed by atoms with Gasteiger partial charge in [-0.05, 0) is 117 Å². The summed E-state index contributed by atoms with van der Waals surface area (Å²) in [5.41, 5.74) is 14.6. The lowest BCUT2D eigenvalue weighted by Crippen LogP contribution is -2.20. The van der Waals surface area contributed by atoms with Crippen LogP contribution in [0.25, 0.3) is 93.9 Å². The SMILES string of the molecule is c1ccc(-c2cccc(-c3cccc(-c4ccc5oc6c(-c7cccc(-n8c9ccccc9c9cc(P(c%10ccccc%10)c%10ccccc%10)ccc98)c7)cccc6c5c4)c3)c2)cc1. The van der Waals surface area contributed by atoms with Gasteiger partial charge in [0.2, 0.25) is 0 Å². The van der Waals surface area contributed by atoms with E-state index in [2.05, 4.69) is 247 Å². The highest BCUT2D eigenvalue weighted by Crippen LogP contribution is 2.41. The summed E-state index contributed by atoms with van der Waals surface area (Å²) < 4.78 is 9.17. The maximum absolute atomic E-state index is 6.75. The van der Waals surface area contributed by atoms with Crippen LogP contribution >= 0.6 is 7.92 Å². The molecule has 3 heteroatoms. The van der Waals surface area contributed by atoms with Gasteiger partial charge in [0.25, 0.3) is 0 Å². The summed E-state index contributed by atoms with van der Waals surface area (Å²) in [6.45, 7) is 0. The van der Waals surface area contributed by atoms with Crippen molar-refractivity contribution >= 4 is 67.6 Å². The molecule has 2 aromatic heterocycles. The number of para-hydroxylation sites is 2. The summed E-state index contributed by atoms with van der Waals surface area (Å²) in [5, 5.41) is 8.76. The first-order valence-corrected chi connectivity index (χ1v) is 22.8. The molecule has 0 saturated heterocycles. The highest BCUT2D eigenvalue weighted by molar-refractivity contribution is 7.79. The third kappa shape index (κ3) is 6.64. The number of aromatic nitrogens is 1. The summed E-state index contributed by atoms with van der Waals surface area (Å²) in [6, 6.07) is 88.1. The normalized spacial score (nSPS) is 11.6. The first kappa shape index (κ1) is 37.0. The van der Waals surface area contributed by atoms with Gasteiger partial charge >= 0.3 is 0 Å². The van der Waals surface area contributed by atoms with E-state index in [9.17, 15) is 0 Å². The Hall–Kier alpha value is -7.77. The predicted octanol–water partition coefficient (Wildman–Crippen LogP) is 15.1. The zero-order valence-corrected chi connectivity index (χ0v) is 35.3. The average Bonchev–Trinajstić information content (AvgIpc) is 3.90. The maximum atomic E-state index is 6.75. The second-order valence-corrected chi connectivity index (χ2v) is 18.4. The molecule has 10 aromatic carbocycles. The van der Waals surface area contributed by atoms with E-state index in [1.807, 2.05) is 0 Å². The minimum absolute atomic E-state index is 0.736. The van der Waals surface area contributed by atoms with Crippen LogP contribution in [0.4, 0.5) is 0 Å². The molecule has 0 aliphatic heterocycles. The van der Waals surface area contributed by atoms with E-state index >= 15 is 0 Å². The van der Waals surface area contributed by atoms with E-state index < -0.39 is 7.92 Å². The van der Waals surface area contributed by atoms with Crippen molar-refractivity contribution in [1.29, 1.82) is 0 Å². The highest BCUT2D eigenvalue weighted by atomic mass is 31.1. The number of nitrogens with zero attached hydrogens (tertiary/aromatic N) is 1. The van der Waals surface area contributed by atoms with Crippen molar-refractivity contribution in [2.45, 2.75) is 0 Å². The van der Waals surface area contributed by atoms with Crippen molar-refractivity contribution in [3.05, 3.63) is 243 Å². The minimum Gasteiger partial charge on any atom is -0.455 e. The van der Waals surface area contributed by atoms with Gasteiger partial charge in [0, 0.05) is 32.8 Å². The zero-order chi connectivity index (χ0) is 41.7. The third-order valence-corrected chi connectivity index (χ3v) is 14.8. The van der Waals surface area contributed by atoms with Gasteiger partial charge in [0.15, 0.2) is 0 Å². The Morgan fingerprint density at radius 2 is 0.841 bits per heavy atom. The topological polar surface area (TPSA) is 18.1 Å². The molecule has 0 bridgehead atoms.